The summed E-state index contributed by atoms with van der Waals surface area (Å²) in [6.07, 6.45) is 0. The highest BCUT2D eigenvalue weighted by Crippen LogP contribution is 2.51. The molecule has 0 spiro atoms. The van der Waals surface area contributed by atoms with Gasteiger partial charge in [-0.05, 0) is 47.5 Å². The summed E-state index contributed by atoms with van der Waals surface area (Å²) in [7, 11) is -3.01. The summed E-state index contributed by atoms with van der Waals surface area (Å²) < 4.78 is 14.8. The van der Waals surface area contributed by atoms with Crippen LogP contribution in [0.15, 0.2) is 133 Å². The van der Waals surface area contributed by atoms with Crippen LogP contribution in [0, 0.1) is 0 Å². The second-order valence-electron chi connectivity index (χ2n) is 9.79. The first kappa shape index (κ1) is 22.6. The van der Waals surface area contributed by atoms with Crippen molar-refractivity contribution in [3.8, 4) is 0 Å². The number of nitrogens with zero attached hydrogens (tertiary/aromatic N) is 1. The third-order valence-electron chi connectivity index (χ3n) is 7.35. The van der Waals surface area contributed by atoms with Gasteiger partial charge in [0.15, 0.2) is 7.14 Å². The fourth-order valence-electron chi connectivity index (χ4n) is 5.48. The Kier molecular flexibility index (Phi) is 5.43. The average molecular weight is 486 g/mol. The van der Waals surface area contributed by atoms with E-state index in [1.807, 2.05) is 72.8 Å². The normalized spacial score (nSPS) is 14.1. The van der Waals surface area contributed by atoms with Crippen LogP contribution in [-0.2, 0) is 9.98 Å². The molecule has 0 bridgehead atoms. The Balaban J connectivity index is 1.51. The van der Waals surface area contributed by atoms with Gasteiger partial charge in [0.05, 0.1) is 11.4 Å². The van der Waals surface area contributed by atoms with Crippen molar-refractivity contribution in [2.45, 2.75) is 19.3 Å². The predicted octanol–water partition coefficient (Wildman–Crippen LogP) is 7.44. The summed E-state index contributed by atoms with van der Waals surface area (Å²) in [5.41, 5.74) is 5.92. The van der Waals surface area contributed by atoms with Crippen molar-refractivity contribution in [2.75, 3.05) is 4.90 Å². The number of benzene rings is 5. The molecule has 0 saturated heterocycles. The van der Waals surface area contributed by atoms with E-state index >= 15 is 0 Å². The lowest BCUT2D eigenvalue weighted by atomic mass is 9.73. The third kappa shape index (κ3) is 3.45. The highest BCUT2D eigenvalue weighted by molar-refractivity contribution is 7.85. The second-order valence-corrected chi connectivity index (χ2v) is 12.6. The van der Waals surface area contributed by atoms with E-state index < -0.39 is 7.14 Å². The van der Waals surface area contributed by atoms with Gasteiger partial charge in [-0.2, -0.15) is 0 Å². The van der Waals surface area contributed by atoms with Crippen LogP contribution in [0.4, 0.5) is 17.1 Å². The molecule has 0 radical (unpaired) electrons. The van der Waals surface area contributed by atoms with Crippen molar-refractivity contribution < 1.29 is 4.57 Å². The van der Waals surface area contributed by atoms with Crippen molar-refractivity contribution >= 4 is 40.1 Å². The molecule has 0 amide bonds. The van der Waals surface area contributed by atoms with Gasteiger partial charge in [0.1, 0.15) is 0 Å². The molecule has 2 nitrogen and oxygen atoms in total. The summed E-state index contributed by atoms with van der Waals surface area (Å²) in [6, 6.07) is 45.3. The smallest absolute Gasteiger partial charge is 0.171 e. The van der Waals surface area contributed by atoms with Crippen LogP contribution in [0.2, 0.25) is 0 Å². The maximum absolute atomic E-state index is 14.8. The Morgan fingerprint density at radius 2 is 0.889 bits per heavy atom. The molecule has 3 heteroatoms. The maximum atomic E-state index is 14.8. The minimum Gasteiger partial charge on any atom is -0.310 e. The lowest BCUT2D eigenvalue weighted by molar-refractivity contribution is 0.592. The molecule has 0 saturated carbocycles. The molecule has 1 heterocycles. The van der Waals surface area contributed by atoms with Crippen LogP contribution in [0.25, 0.3) is 0 Å². The van der Waals surface area contributed by atoms with Crippen LogP contribution in [0.5, 0.6) is 0 Å². The third-order valence-corrected chi connectivity index (χ3v) is 10.4. The second kappa shape index (κ2) is 8.66. The van der Waals surface area contributed by atoms with E-state index in [-0.39, 0.29) is 5.41 Å². The molecule has 0 unspecified atom stereocenters. The first-order chi connectivity index (χ1) is 17.5. The molecule has 0 atom stereocenters. The van der Waals surface area contributed by atoms with Crippen LogP contribution in [0.1, 0.15) is 25.0 Å². The van der Waals surface area contributed by atoms with Crippen molar-refractivity contribution in [3.63, 3.8) is 0 Å². The van der Waals surface area contributed by atoms with E-state index in [1.165, 1.54) is 22.5 Å². The van der Waals surface area contributed by atoms with Crippen molar-refractivity contribution in [1.82, 2.24) is 0 Å². The van der Waals surface area contributed by atoms with Gasteiger partial charge in [0.25, 0.3) is 0 Å². The van der Waals surface area contributed by atoms with E-state index in [4.69, 9.17) is 0 Å². The number of hydrogen-bond donors (Lipinski definition) is 0. The molecule has 0 fully saturated rings. The van der Waals surface area contributed by atoms with Gasteiger partial charge in [-0.15, -0.1) is 0 Å². The Morgan fingerprint density at radius 3 is 1.36 bits per heavy atom. The summed E-state index contributed by atoms with van der Waals surface area (Å²) in [5, 5.41) is 2.53. The molecule has 6 rings (SSSR count). The Morgan fingerprint density at radius 1 is 0.500 bits per heavy atom. The lowest BCUT2D eigenvalue weighted by Crippen LogP contribution is -2.30. The standard InChI is InChI=1S/C33H28NOP/c1-33(2)29-17-9-11-19-31(29)34(32-20-12-10-18-30(32)33)25-21-23-28(24-22-25)36(35,26-13-5-3-6-14-26)27-15-7-4-8-16-27/h3-24H,1-2H3. The summed E-state index contributed by atoms with van der Waals surface area (Å²) in [6.45, 7) is 4.59. The minimum absolute atomic E-state index is 0.0973. The van der Waals surface area contributed by atoms with E-state index in [0.29, 0.717) is 0 Å². The summed E-state index contributed by atoms with van der Waals surface area (Å²) in [4.78, 5) is 2.33. The van der Waals surface area contributed by atoms with Crippen molar-refractivity contribution in [2.24, 2.45) is 0 Å². The molecule has 0 N–H and O–H groups in total. The molecule has 5 aromatic rings. The predicted molar refractivity (Wildman–Crippen MR) is 153 cm³/mol. The minimum atomic E-state index is -3.01. The zero-order valence-electron chi connectivity index (χ0n) is 20.5. The molecule has 0 aromatic heterocycles. The van der Waals surface area contributed by atoms with Gasteiger partial charge in [-0.1, -0.05) is 111 Å². The summed E-state index contributed by atoms with van der Waals surface area (Å²) >= 11 is 0. The van der Waals surface area contributed by atoms with Crippen LogP contribution in [0.3, 0.4) is 0 Å². The topological polar surface area (TPSA) is 20.3 Å². The highest BCUT2D eigenvalue weighted by Gasteiger charge is 2.36. The first-order valence-corrected chi connectivity index (χ1v) is 14.0. The van der Waals surface area contributed by atoms with Crippen molar-refractivity contribution in [3.05, 3.63) is 145 Å². The quantitative estimate of drug-likeness (QED) is 0.247. The Bertz CT molecular complexity index is 1480. The number of rotatable bonds is 4. The monoisotopic (exact) mass is 485 g/mol. The van der Waals surface area contributed by atoms with Gasteiger partial charge in [0.2, 0.25) is 0 Å². The van der Waals surface area contributed by atoms with E-state index in [0.717, 1.165) is 21.6 Å². The van der Waals surface area contributed by atoms with Gasteiger partial charge in [-0.3, -0.25) is 0 Å². The lowest BCUT2D eigenvalue weighted by Gasteiger charge is -2.42. The number of anilines is 3. The van der Waals surface area contributed by atoms with E-state index in [9.17, 15) is 4.57 Å². The number of fused-ring (bicyclic) bond motifs is 2. The van der Waals surface area contributed by atoms with Gasteiger partial charge >= 0.3 is 0 Å². The SMILES string of the molecule is CC1(C)c2ccccc2N(c2ccc(P(=O)(c3ccccc3)c3ccccc3)cc2)c2ccccc21. The molecular formula is C33H28NOP. The molecule has 0 aliphatic carbocycles. The number of para-hydroxylation sites is 2. The Labute approximate surface area is 213 Å². The van der Waals surface area contributed by atoms with Gasteiger partial charge in [-0.25, -0.2) is 0 Å². The first-order valence-electron chi connectivity index (χ1n) is 12.3. The number of hydrogen-bond acceptors (Lipinski definition) is 2. The average Bonchev–Trinajstić information content (AvgIpc) is 2.94. The van der Waals surface area contributed by atoms with Gasteiger partial charge in [0, 0.05) is 27.0 Å². The molecule has 5 aromatic carbocycles. The van der Waals surface area contributed by atoms with Crippen LogP contribution < -0.4 is 20.8 Å². The summed E-state index contributed by atoms with van der Waals surface area (Å²) in [5.74, 6) is 0. The molecule has 36 heavy (non-hydrogen) atoms. The largest absolute Gasteiger partial charge is 0.310 e. The van der Waals surface area contributed by atoms with Crippen LogP contribution in [-0.4, -0.2) is 0 Å². The molecule has 176 valence electrons. The molecule has 1 aliphatic rings. The van der Waals surface area contributed by atoms with E-state index in [2.05, 4.69) is 79.4 Å². The molecular weight excluding hydrogens is 457 g/mol. The molecule has 1 aliphatic heterocycles. The zero-order valence-corrected chi connectivity index (χ0v) is 21.4. The Hall–Kier alpha value is -3.87. The fraction of sp³-hybridized carbons (Fsp3) is 0.0909. The maximum Gasteiger partial charge on any atom is 0.171 e. The van der Waals surface area contributed by atoms with Crippen LogP contribution >= 0.6 is 7.14 Å². The highest BCUT2D eigenvalue weighted by atomic mass is 31.2. The van der Waals surface area contributed by atoms with Gasteiger partial charge < -0.3 is 9.46 Å². The van der Waals surface area contributed by atoms with E-state index in [1.54, 1.807) is 0 Å². The fourth-order valence-corrected chi connectivity index (χ4v) is 8.13. The zero-order chi connectivity index (χ0) is 24.8. The van der Waals surface area contributed by atoms with Crippen molar-refractivity contribution in [1.29, 1.82) is 0 Å².